The molecule has 4 aliphatic carbocycles. The third-order valence-electron chi connectivity index (χ3n) is 15.6. The normalized spacial score (nSPS) is 59.8. The molecule has 8 rings (SSSR count). The van der Waals surface area contributed by atoms with Crippen LogP contribution < -0.4 is 0 Å². The first-order valence-electron chi connectivity index (χ1n) is 19.8. The van der Waals surface area contributed by atoms with E-state index in [-0.39, 0.29) is 11.5 Å². The molecule has 19 unspecified atom stereocenters. The Balaban J connectivity index is 1.05. The molecule has 3 saturated carbocycles. The number of aliphatic hydroxyl groups is 6. The molecule has 0 aromatic rings. The Morgan fingerprint density at radius 2 is 1.47 bits per heavy atom. The molecule has 290 valence electrons. The molecule has 8 aliphatic rings. The fourth-order valence-corrected chi connectivity index (χ4v) is 12.6. The van der Waals surface area contributed by atoms with Gasteiger partial charge in [-0.05, 0) is 87.4 Å². The van der Waals surface area contributed by atoms with E-state index in [2.05, 4.69) is 33.8 Å². The molecule has 0 bridgehead atoms. The smallest absolute Gasteiger partial charge is 0.187 e. The van der Waals surface area contributed by atoms with Crippen LogP contribution in [0.25, 0.3) is 0 Å². The van der Waals surface area contributed by atoms with Crippen molar-refractivity contribution in [2.75, 3.05) is 6.61 Å². The average molecular weight is 723 g/mol. The van der Waals surface area contributed by atoms with E-state index in [1.807, 2.05) is 0 Å². The van der Waals surface area contributed by atoms with Gasteiger partial charge in [0.2, 0.25) is 0 Å². The van der Waals surface area contributed by atoms with Crippen LogP contribution in [0.2, 0.25) is 0 Å². The van der Waals surface area contributed by atoms with E-state index in [0.717, 1.165) is 45.1 Å². The van der Waals surface area contributed by atoms with Crippen molar-refractivity contribution in [1.82, 2.24) is 0 Å². The van der Waals surface area contributed by atoms with Crippen LogP contribution in [0.1, 0.15) is 92.9 Å². The van der Waals surface area contributed by atoms with Crippen molar-refractivity contribution in [2.45, 2.75) is 178 Å². The lowest BCUT2D eigenvalue weighted by Gasteiger charge is -2.60. The molecule has 12 nitrogen and oxygen atoms in total. The minimum absolute atomic E-state index is 0.130. The van der Waals surface area contributed by atoms with Gasteiger partial charge in [0.1, 0.15) is 36.6 Å². The van der Waals surface area contributed by atoms with Gasteiger partial charge < -0.3 is 59.1 Å². The highest BCUT2D eigenvalue weighted by molar-refractivity contribution is 5.29. The highest BCUT2D eigenvalue weighted by Crippen LogP contribution is 2.71. The number of hydrogen-bond donors (Lipinski definition) is 6. The summed E-state index contributed by atoms with van der Waals surface area (Å²) >= 11 is 0. The first-order chi connectivity index (χ1) is 24.1. The van der Waals surface area contributed by atoms with Crippen LogP contribution in [-0.4, -0.2) is 123 Å². The van der Waals surface area contributed by atoms with Gasteiger partial charge in [-0.1, -0.05) is 39.3 Å². The van der Waals surface area contributed by atoms with Crippen LogP contribution in [0, 0.1) is 46.3 Å². The second-order valence-electron chi connectivity index (χ2n) is 18.3. The fraction of sp³-hybridized carbons (Fsp3) is 0.949. The molecule has 12 heteroatoms. The Bertz CT molecular complexity index is 1320. The maximum atomic E-state index is 11.3. The molecule has 6 N–H and O–H groups in total. The Kier molecular flexibility index (Phi) is 9.62. The van der Waals surface area contributed by atoms with E-state index in [9.17, 15) is 30.6 Å². The van der Waals surface area contributed by atoms with Crippen LogP contribution in [0.5, 0.6) is 0 Å². The van der Waals surface area contributed by atoms with Crippen LogP contribution in [0.4, 0.5) is 0 Å². The molecule has 4 heterocycles. The topological polar surface area (TPSA) is 177 Å². The van der Waals surface area contributed by atoms with Gasteiger partial charge in [-0.15, -0.1) is 0 Å². The maximum absolute atomic E-state index is 11.3. The zero-order valence-corrected chi connectivity index (χ0v) is 31.0. The zero-order chi connectivity index (χ0) is 36.4. The van der Waals surface area contributed by atoms with Crippen LogP contribution >= 0.6 is 0 Å². The van der Waals surface area contributed by atoms with Gasteiger partial charge in [0.25, 0.3) is 0 Å². The lowest BCUT2D eigenvalue weighted by Crippen LogP contribution is -2.64. The predicted molar refractivity (Wildman–Crippen MR) is 182 cm³/mol. The average Bonchev–Trinajstić information content (AvgIpc) is 3.54. The summed E-state index contributed by atoms with van der Waals surface area (Å²) in [6.45, 7) is 13.4. The lowest BCUT2D eigenvalue weighted by atomic mass is 9.46. The summed E-state index contributed by atoms with van der Waals surface area (Å²) in [6.07, 6.45) is -4.22. The number of hydrogen-bond acceptors (Lipinski definition) is 12. The van der Waals surface area contributed by atoms with Gasteiger partial charge in [0.15, 0.2) is 18.4 Å². The number of rotatable bonds is 4. The summed E-state index contributed by atoms with van der Waals surface area (Å²) in [7, 11) is 0. The molecule has 1 spiro atoms. The van der Waals surface area contributed by atoms with Gasteiger partial charge in [-0.2, -0.15) is 0 Å². The summed E-state index contributed by atoms with van der Waals surface area (Å²) in [5.74, 6) is 2.06. The van der Waals surface area contributed by atoms with Gasteiger partial charge in [0, 0.05) is 24.2 Å². The van der Waals surface area contributed by atoms with Gasteiger partial charge in [-0.25, -0.2) is 0 Å². The quantitative estimate of drug-likeness (QED) is 0.234. The van der Waals surface area contributed by atoms with Crippen molar-refractivity contribution in [3.05, 3.63) is 11.6 Å². The summed E-state index contributed by atoms with van der Waals surface area (Å²) in [6, 6.07) is 0. The summed E-state index contributed by atoms with van der Waals surface area (Å²) in [4.78, 5) is 0. The number of fused-ring (bicyclic) bond motifs is 7. The van der Waals surface area contributed by atoms with Gasteiger partial charge in [-0.3, -0.25) is 0 Å². The van der Waals surface area contributed by atoms with Crippen molar-refractivity contribution in [3.63, 3.8) is 0 Å². The number of ether oxygens (including phenoxy) is 6. The standard InChI is InChI=1S/C39H62O12/c1-17-9-12-39(46-16-17)18(2)28-26(51-39)15-25-23-8-7-21-13-22(40)14-27(38(21,6)24(23)10-11-37(25,28)5)49-36-34(32(44)30(42)20(4)48-36)50-35-33(45)31(43)29(41)19(3)47-35/h7,17-20,22-36,40-45H,8-16H2,1-6H3/t17?,18?,19?,20?,22?,23?,24?,25?,26?,27?,28?,29?,30?,31?,32?,33?,34?,35?,36?,37-,38-,39+/m0/s1. The second kappa shape index (κ2) is 13.2. The Morgan fingerprint density at radius 1 is 0.765 bits per heavy atom. The fourth-order valence-electron chi connectivity index (χ4n) is 12.6. The SMILES string of the molecule is CC1CC[C@@]2(OC1)OC1CC3C4CC=C5CC(O)CC(OC6OC(C)C(O)C(O)C6OC6OC(C)C(O)C(O)C6O)[C@]5(C)C4CC[C@]3(C)C1C2C. The molecule has 0 amide bonds. The Morgan fingerprint density at radius 3 is 2.18 bits per heavy atom. The van der Waals surface area contributed by atoms with Gasteiger partial charge >= 0.3 is 0 Å². The third-order valence-corrected chi connectivity index (χ3v) is 15.6. The van der Waals surface area contributed by atoms with Crippen molar-refractivity contribution in [1.29, 1.82) is 0 Å². The Hall–Kier alpha value is -0.740. The monoisotopic (exact) mass is 722 g/mol. The van der Waals surface area contributed by atoms with Crippen molar-refractivity contribution in [3.8, 4) is 0 Å². The number of allylic oxidation sites excluding steroid dienone is 1. The van der Waals surface area contributed by atoms with Crippen LogP contribution in [0.15, 0.2) is 11.6 Å². The molecule has 51 heavy (non-hydrogen) atoms. The van der Waals surface area contributed by atoms with Crippen molar-refractivity contribution >= 4 is 0 Å². The molecule has 7 fully saturated rings. The van der Waals surface area contributed by atoms with Crippen LogP contribution in [0.3, 0.4) is 0 Å². The van der Waals surface area contributed by atoms with E-state index >= 15 is 0 Å². The van der Waals surface area contributed by atoms with E-state index in [1.165, 1.54) is 5.57 Å². The zero-order valence-electron chi connectivity index (χ0n) is 31.0. The Labute approximate surface area is 301 Å². The van der Waals surface area contributed by atoms with E-state index in [1.54, 1.807) is 13.8 Å². The van der Waals surface area contributed by atoms with Crippen LogP contribution in [-0.2, 0) is 28.4 Å². The molecule has 4 aliphatic heterocycles. The molecule has 22 atom stereocenters. The predicted octanol–water partition coefficient (Wildman–Crippen LogP) is 2.39. The van der Waals surface area contributed by atoms with E-state index in [0.29, 0.717) is 48.3 Å². The summed E-state index contributed by atoms with van der Waals surface area (Å²) in [5.41, 5.74) is 0.900. The molecule has 0 aromatic heterocycles. The first-order valence-corrected chi connectivity index (χ1v) is 19.8. The maximum Gasteiger partial charge on any atom is 0.187 e. The second-order valence-corrected chi connectivity index (χ2v) is 18.3. The highest BCUT2D eigenvalue weighted by atomic mass is 16.8. The number of aliphatic hydroxyl groups excluding tert-OH is 6. The summed E-state index contributed by atoms with van der Waals surface area (Å²) < 4.78 is 38.4. The van der Waals surface area contributed by atoms with Crippen molar-refractivity contribution in [2.24, 2.45) is 46.3 Å². The highest BCUT2D eigenvalue weighted by Gasteiger charge is 2.69. The lowest BCUT2D eigenvalue weighted by molar-refractivity contribution is -0.371. The largest absolute Gasteiger partial charge is 0.393 e. The minimum Gasteiger partial charge on any atom is -0.393 e. The molecular weight excluding hydrogens is 660 g/mol. The first kappa shape index (κ1) is 37.2. The molecular formula is C39H62O12. The molecule has 0 radical (unpaired) electrons. The summed E-state index contributed by atoms with van der Waals surface area (Å²) in [5, 5.41) is 64.8. The molecule has 4 saturated heterocycles. The molecule has 0 aromatic carbocycles. The minimum atomic E-state index is -1.61. The van der Waals surface area contributed by atoms with Gasteiger partial charge in [0.05, 0.1) is 37.1 Å². The third kappa shape index (κ3) is 5.67. The van der Waals surface area contributed by atoms with Crippen molar-refractivity contribution < 1.29 is 59.1 Å². The van der Waals surface area contributed by atoms with E-state index in [4.69, 9.17) is 28.4 Å². The van der Waals surface area contributed by atoms with E-state index < -0.39 is 84.8 Å².